The highest BCUT2D eigenvalue weighted by atomic mass is 16.4. The van der Waals surface area contributed by atoms with Crippen molar-refractivity contribution >= 4 is 12.0 Å². The molecule has 2 rings (SSSR count). The number of likely N-dealkylation sites (tertiary alicyclic amines) is 1. The maximum atomic E-state index is 12.4. The van der Waals surface area contributed by atoms with Crippen molar-refractivity contribution in [3.05, 3.63) is 0 Å². The molecule has 0 aromatic heterocycles. The molecule has 5 heteroatoms. The van der Waals surface area contributed by atoms with E-state index >= 15 is 0 Å². The van der Waals surface area contributed by atoms with Crippen LogP contribution in [0.2, 0.25) is 0 Å². The van der Waals surface area contributed by atoms with Crippen LogP contribution in [-0.2, 0) is 4.79 Å². The van der Waals surface area contributed by atoms with Gasteiger partial charge in [-0.1, -0.05) is 19.8 Å². The SMILES string of the molecule is CC(CC(=O)O)C1CCCN(C(=O)NC2(C)CCCC2)C1. The standard InChI is InChI=1S/C16H28N2O3/c1-12(10-14(19)20)13-6-5-9-18(11-13)15(21)17-16(2)7-3-4-8-16/h12-13H,3-11H2,1-2H3,(H,17,21)(H,19,20). The first-order valence-electron chi connectivity index (χ1n) is 8.18. The molecule has 2 N–H and O–H groups in total. The molecule has 120 valence electrons. The van der Waals surface area contributed by atoms with Gasteiger partial charge in [0.1, 0.15) is 0 Å². The van der Waals surface area contributed by atoms with Crippen LogP contribution in [0, 0.1) is 11.8 Å². The van der Waals surface area contributed by atoms with Gasteiger partial charge in [0, 0.05) is 25.0 Å². The summed E-state index contributed by atoms with van der Waals surface area (Å²) in [6.07, 6.45) is 6.69. The van der Waals surface area contributed by atoms with E-state index in [4.69, 9.17) is 5.11 Å². The Morgan fingerprint density at radius 2 is 2.00 bits per heavy atom. The van der Waals surface area contributed by atoms with E-state index in [9.17, 15) is 9.59 Å². The molecule has 2 amide bonds. The number of carbonyl (C=O) groups is 2. The Bertz CT molecular complexity index is 391. The van der Waals surface area contributed by atoms with Gasteiger partial charge in [0.15, 0.2) is 0 Å². The molecule has 0 aromatic rings. The lowest BCUT2D eigenvalue weighted by molar-refractivity contribution is -0.138. The topological polar surface area (TPSA) is 69.6 Å². The van der Waals surface area contributed by atoms with E-state index in [1.54, 1.807) is 0 Å². The zero-order valence-corrected chi connectivity index (χ0v) is 13.2. The zero-order chi connectivity index (χ0) is 15.5. The molecule has 0 spiro atoms. The van der Waals surface area contributed by atoms with Crippen LogP contribution in [0.4, 0.5) is 4.79 Å². The first kappa shape index (κ1) is 16.1. The average Bonchev–Trinajstić information content (AvgIpc) is 2.84. The molecule has 1 aliphatic carbocycles. The van der Waals surface area contributed by atoms with Gasteiger partial charge in [-0.25, -0.2) is 4.79 Å². The molecule has 1 heterocycles. The third-order valence-electron chi connectivity index (χ3n) is 5.16. The van der Waals surface area contributed by atoms with Crippen LogP contribution in [0.25, 0.3) is 0 Å². The van der Waals surface area contributed by atoms with E-state index in [0.29, 0.717) is 12.5 Å². The van der Waals surface area contributed by atoms with Crippen molar-refractivity contribution in [1.29, 1.82) is 0 Å². The van der Waals surface area contributed by atoms with Gasteiger partial charge >= 0.3 is 12.0 Å². The van der Waals surface area contributed by atoms with Gasteiger partial charge in [-0.05, 0) is 44.4 Å². The van der Waals surface area contributed by atoms with Crippen molar-refractivity contribution in [1.82, 2.24) is 10.2 Å². The molecular weight excluding hydrogens is 268 g/mol. The average molecular weight is 296 g/mol. The first-order chi connectivity index (χ1) is 9.89. The Balaban J connectivity index is 1.88. The van der Waals surface area contributed by atoms with Crippen molar-refractivity contribution < 1.29 is 14.7 Å². The van der Waals surface area contributed by atoms with Gasteiger partial charge < -0.3 is 15.3 Å². The lowest BCUT2D eigenvalue weighted by atomic mass is 9.85. The summed E-state index contributed by atoms with van der Waals surface area (Å²) in [5.74, 6) is -0.320. The zero-order valence-electron chi connectivity index (χ0n) is 13.2. The summed E-state index contributed by atoms with van der Waals surface area (Å²) in [7, 11) is 0. The summed E-state index contributed by atoms with van der Waals surface area (Å²) in [5.41, 5.74) is -0.0449. The van der Waals surface area contributed by atoms with Crippen molar-refractivity contribution in [2.75, 3.05) is 13.1 Å². The maximum Gasteiger partial charge on any atom is 0.317 e. The summed E-state index contributed by atoms with van der Waals surface area (Å²) in [6.45, 7) is 5.60. The molecule has 0 bridgehead atoms. The summed E-state index contributed by atoms with van der Waals surface area (Å²) < 4.78 is 0. The number of carboxylic acids is 1. The van der Waals surface area contributed by atoms with Gasteiger partial charge in [-0.15, -0.1) is 0 Å². The number of aliphatic carboxylic acids is 1. The van der Waals surface area contributed by atoms with Crippen LogP contribution in [0.15, 0.2) is 0 Å². The summed E-state index contributed by atoms with van der Waals surface area (Å²) in [4.78, 5) is 25.2. The predicted octanol–water partition coefficient (Wildman–Crippen LogP) is 2.85. The Hall–Kier alpha value is -1.26. The van der Waals surface area contributed by atoms with E-state index in [1.807, 2.05) is 11.8 Å². The van der Waals surface area contributed by atoms with Crippen molar-refractivity contribution in [2.24, 2.45) is 11.8 Å². The monoisotopic (exact) mass is 296 g/mol. The number of carboxylic acid groups (broad SMARTS) is 1. The van der Waals surface area contributed by atoms with Crippen LogP contribution in [0.3, 0.4) is 0 Å². The smallest absolute Gasteiger partial charge is 0.317 e. The van der Waals surface area contributed by atoms with Gasteiger partial charge in [0.25, 0.3) is 0 Å². The van der Waals surface area contributed by atoms with Crippen molar-refractivity contribution in [3.8, 4) is 0 Å². The van der Waals surface area contributed by atoms with Crippen LogP contribution < -0.4 is 5.32 Å². The number of urea groups is 1. The highest BCUT2D eigenvalue weighted by molar-refractivity contribution is 5.75. The molecule has 2 atom stereocenters. The number of amides is 2. The molecule has 1 saturated heterocycles. The van der Waals surface area contributed by atoms with E-state index < -0.39 is 5.97 Å². The normalized spacial score (nSPS) is 26.4. The Morgan fingerprint density at radius 3 is 2.62 bits per heavy atom. The third-order valence-corrected chi connectivity index (χ3v) is 5.16. The summed E-state index contributed by atoms with van der Waals surface area (Å²) in [6, 6.07) is 0.0339. The number of nitrogens with zero attached hydrogens (tertiary/aromatic N) is 1. The molecular formula is C16H28N2O3. The minimum absolute atomic E-state index is 0.0339. The fraction of sp³-hybridized carbons (Fsp3) is 0.875. The Kier molecular flexibility index (Phi) is 5.12. The summed E-state index contributed by atoms with van der Waals surface area (Å²) >= 11 is 0. The van der Waals surface area contributed by atoms with Crippen molar-refractivity contribution in [2.45, 2.75) is 64.3 Å². The van der Waals surface area contributed by atoms with E-state index in [0.717, 1.165) is 32.2 Å². The molecule has 21 heavy (non-hydrogen) atoms. The van der Waals surface area contributed by atoms with Gasteiger partial charge in [-0.2, -0.15) is 0 Å². The molecule has 2 fully saturated rings. The number of hydrogen-bond acceptors (Lipinski definition) is 2. The minimum Gasteiger partial charge on any atom is -0.481 e. The highest BCUT2D eigenvalue weighted by Gasteiger charge is 2.34. The van der Waals surface area contributed by atoms with Crippen molar-refractivity contribution in [3.63, 3.8) is 0 Å². The molecule has 0 aromatic carbocycles. The number of carbonyl (C=O) groups excluding carboxylic acids is 1. The number of hydrogen-bond donors (Lipinski definition) is 2. The maximum absolute atomic E-state index is 12.4. The lowest BCUT2D eigenvalue weighted by Gasteiger charge is -2.37. The number of rotatable bonds is 4. The third kappa shape index (κ3) is 4.35. The first-order valence-corrected chi connectivity index (χ1v) is 8.18. The lowest BCUT2D eigenvalue weighted by Crippen LogP contribution is -2.53. The van der Waals surface area contributed by atoms with Crippen LogP contribution in [-0.4, -0.2) is 40.6 Å². The second kappa shape index (κ2) is 6.67. The number of nitrogens with one attached hydrogen (secondary N) is 1. The van der Waals surface area contributed by atoms with Gasteiger partial charge in [0.2, 0.25) is 0 Å². The van der Waals surface area contributed by atoms with E-state index in [-0.39, 0.29) is 23.9 Å². The predicted molar refractivity (Wildman–Crippen MR) is 81.1 cm³/mol. The quantitative estimate of drug-likeness (QED) is 0.838. The minimum atomic E-state index is -0.748. The fourth-order valence-electron chi connectivity index (χ4n) is 3.72. The Labute approximate surface area is 127 Å². The second-order valence-electron chi connectivity index (χ2n) is 7.12. The van der Waals surface area contributed by atoms with Gasteiger partial charge in [0.05, 0.1) is 0 Å². The van der Waals surface area contributed by atoms with Gasteiger partial charge in [-0.3, -0.25) is 4.79 Å². The fourth-order valence-corrected chi connectivity index (χ4v) is 3.72. The molecule has 0 radical (unpaired) electrons. The largest absolute Gasteiger partial charge is 0.481 e. The van der Waals surface area contributed by atoms with E-state index in [1.165, 1.54) is 12.8 Å². The van der Waals surface area contributed by atoms with Crippen LogP contribution >= 0.6 is 0 Å². The Morgan fingerprint density at radius 1 is 1.33 bits per heavy atom. The molecule has 1 saturated carbocycles. The van der Waals surface area contributed by atoms with Crippen LogP contribution in [0.1, 0.15) is 58.8 Å². The van der Waals surface area contributed by atoms with E-state index in [2.05, 4.69) is 12.2 Å². The molecule has 1 aliphatic heterocycles. The molecule has 5 nitrogen and oxygen atoms in total. The molecule has 2 unspecified atom stereocenters. The highest BCUT2D eigenvalue weighted by Crippen LogP contribution is 2.30. The molecule has 2 aliphatic rings. The second-order valence-corrected chi connectivity index (χ2v) is 7.12. The van der Waals surface area contributed by atoms with Crippen LogP contribution in [0.5, 0.6) is 0 Å². The summed E-state index contributed by atoms with van der Waals surface area (Å²) in [5, 5.41) is 12.1. The number of piperidine rings is 1.